The standard InChI is InChI=1S/C19H15N5O2S/c25-17(11-5-6-11)22-14-9-20-19(27-14)16-15(18(26)24-23-16)13-8-7-10-3-1-2-4-12(10)21-13/h1-4,7-9,11,21H,5-6H2,(H,22,25)(H,24,26)/b15-13-. The third kappa shape index (κ3) is 2.93. The van der Waals surface area contributed by atoms with E-state index < -0.39 is 0 Å². The fraction of sp³-hybridized carbons (Fsp3) is 0.158. The number of allylic oxidation sites excluding steroid dienone is 1. The number of rotatable bonds is 3. The predicted molar refractivity (Wildman–Crippen MR) is 104 cm³/mol. The van der Waals surface area contributed by atoms with Crippen LogP contribution in [0, 0.1) is 5.92 Å². The van der Waals surface area contributed by atoms with Crippen LogP contribution in [-0.4, -0.2) is 22.5 Å². The van der Waals surface area contributed by atoms with E-state index in [9.17, 15) is 9.59 Å². The molecule has 2 amide bonds. The molecule has 0 unspecified atom stereocenters. The van der Waals surface area contributed by atoms with Crippen molar-refractivity contribution in [1.29, 1.82) is 0 Å². The van der Waals surface area contributed by atoms with Gasteiger partial charge in [-0.1, -0.05) is 35.6 Å². The normalized spacial score (nSPS) is 20.6. The predicted octanol–water partition coefficient (Wildman–Crippen LogP) is 2.72. The van der Waals surface area contributed by atoms with Crippen LogP contribution >= 0.6 is 11.3 Å². The lowest BCUT2D eigenvalue weighted by molar-refractivity contribution is -0.117. The lowest BCUT2D eigenvalue weighted by Crippen LogP contribution is -2.19. The van der Waals surface area contributed by atoms with E-state index in [0.717, 1.165) is 24.1 Å². The highest BCUT2D eigenvalue weighted by Crippen LogP contribution is 2.32. The van der Waals surface area contributed by atoms with Crippen LogP contribution in [0.3, 0.4) is 0 Å². The maximum atomic E-state index is 12.4. The number of carbonyl (C=O) groups is 2. The van der Waals surface area contributed by atoms with Gasteiger partial charge in [-0.15, -0.1) is 0 Å². The summed E-state index contributed by atoms with van der Waals surface area (Å²) in [7, 11) is 0. The number of fused-ring (bicyclic) bond motifs is 1. The average Bonchev–Trinajstić information content (AvgIpc) is 3.33. The van der Waals surface area contributed by atoms with Crippen LogP contribution in [0.4, 0.5) is 10.7 Å². The van der Waals surface area contributed by atoms with Gasteiger partial charge in [0, 0.05) is 11.6 Å². The third-order valence-corrected chi connectivity index (χ3v) is 5.48. The van der Waals surface area contributed by atoms with Crippen molar-refractivity contribution in [3.8, 4) is 0 Å². The third-order valence-electron chi connectivity index (χ3n) is 4.56. The first-order valence-corrected chi connectivity index (χ1v) is 9.44. The number of hydrogen-bond donors (Lipinski definition) is 3. The minimum Gasteiger partial charge on any atom is -0.354 e. The van der Waals surface area contributed by atoms with E-state index in [0.29, 0.717) is 27.0 Å². The first kappa shape index (κ1) is 16.0. The number of para-hydroxylation sites is 1. The summed E-state index contributed by atoms with van der Waals surface area (Å²) in [6, 6.07) is 7.86. The number of carbonyl (C=O) groups excluding carboxylic acids is 2. The summed E-state index contributed by atoms with van der Waals surface area (Å²) in [5.74, 6) is -0.132. The van der Waals surface area contributed by atoms with Crippen molar-refractivity contribution in [2.75, 3.05) is 10.6 Å². The summed E-state index contributed by atoms with van der Waals surface area (Å²) in [5, 5.41) is 11.6. The van der Waals surface area contributed by atoms with Gasteiger partial charge in [0.05, 0.1) is 17.5 Å². The zero-order chi connectivity index (χ0) is 18.4. The summed E-state index contributed by atoms with van der Waals surface area (Å²) in [4.78, 5) is 28.7. The SMILES string of the molecule is O=C1NN=C(c2ncc(NC(=O)C3CC3)s2)/C1=C1\C=Cc2ccccc2N1. The van der Waals surface area contributed by atoms with E-state index >= 15 is 0 Å². The van der Waals surface area contributed by atoms with Gasteiger partial charge in [-0.25, -0.2) is 10.4 Å². The van der Waals surface area contributed by atoms with Gasteiger partial charge in [0.15, 0.2) is 0 Å². The van der Waals surface area contributed by atoms with Crippen molar-refractivity contribution in [2.24, 2.45) is 11.0 Å². The molecule has 1 saturated carbocycles. The molecule has 3 heterocycles. The Morgan fingerprint density at radius 3 is 2.93 bits per heavy atom. The van der Waals surface area contributed by atoms with Gasteiger partial charge in [-0.05, 0) is 30.5 Å². The minimum atomic E-state index is -0.282. The zero-order valence-electron chi connectivity index (χ0n) is 14.2. The van der Waals surface area contributed by atoms with Gasteiger partial charge in [0.25, 0.3) is 5.91 Å². The molecule has 2 aliphatic heterocycles. The second-order valence-corrected chi connectivity index (χ2v) is 7.56. The number of thiazole rings is 1. The van der Waals surface area contributed by atoms with E-state index in [4.69, 9.17) is 0 Å². The molecule has 0 saturated heterocycles. The van der Waals surface area contributed by atoms with Crippen LogP contribution in [0.5, 0.6) is 0 Å². The van der Waals surface area contributed by atoms with Crippen molar-refractivity contribution < 1.29 is 9.59 Å². The van der Waals surface area contributed by atoms with E-state index in [1.165, 1.54) is 11.3 Å². The summed E-state index contributed by atoms with van der Waals surface area (Å²) in [6.45, 7) is 0. The Morgan fingerprint density at radius 2 is 2.07 bits per heavy atom. The number of hydrogen-bond acceptors (Lipinski definition) is 6. The Bertz CT molecular complexity index is 1060. The molecule has 8 heteroatoms. The van der Waals surface area contributed by atoms with Gasteiger partial charge in [0.2, 0.25) is 5.91 Å². The molecule has 0 bridgehead atoms. The first-order valence-electron chi connectivity index (χ1n) is 8.63. The Hall–Kier alpha value is -3.26. The van der Waals surface area contributed by atoms with E-state index in [1.807, 2.05) is 36.4 Å². The molecule has 3 aliphatic rings. The molecule has 27 heavy (non-hydrogen) atoms. The van der Waals surface area contributed by atoms with Crippen LogP contribution in [-0.2, 0) is 9.59 Å². The molecule has 3 N–H and O–H groups in total. The van der Waals surface area contributed by atoms with Crippen molar-refractivity contribution in [3.05, 3.63) is 58.4 Å². The monoisotopic (exact) mass is 377 g/mol. The average molecular weight is 377 g/mol. The van der Waals surface area contributed by atoms with Crippen molar-refractivity contribution in [2.45, 2.75) is 12.8 Å². The van der Waals surface area contributed by atoms with Crippen LogP contribution in [0.1, 0.15) is 23.4 Å². The maximum absolute atomic E-state index is 12.4. The molecule has 1 aromatic carbocycles. The summed E-state index contributed by atoms with van der Waals surface area (Å²) in [5.41, 5.74) is 6.08. The van der Waals surface area contributed by atoms with Crippen LogP contribution in [0.15, 0.2) is 52.9 Å². The van der Waals surface area contributed by atoms with Crippen LogP contribution in [0.25, 0.3) is 6.08 Å². The zero-order valence-corrected chi connectivity index (χ0v) is 15.0. The van der Waals surface area contributed by atoms with Crippen molar-refractivity contribution in [1.82, 2.24) is 10.4 Å². The van der Waals surface area contributed by atoms with E-state index in [2.05, 4.69) is 26.1 Å². The van der Waals surface area contributed by atoms with Crippen LogP contribution < -0.4 is 16.1 Å². The smallest absolute Gasteiger partial charge is 0.275 e. The minimum absolute atomic E-state index is 0.0276. The number of benzene rings is 1. The molecule has 1 aromatic heterocycles. The van der Waals surface area contributed by atoms with E-state index in [-0.39, 0.29) is 17.7 Å². The van der Waals surface area contributed by atoms with Gasteiger partial charge in [0.1, 0.15) is 15.7 Å². The Labute approximate surface area is 158 Å². The van der Waals surface area contributed by atoms with Gasteiger partial charge >= 0.3 is 0 Å². The van der Waals surface area contributed by atoms with Crippen molar-refractivity contribution in [3.63, 3.8) is 0 Å². The summed E-state index contributed by atoms with van der Waals surface area (Å²) < 4.78 is 0. The largest absolute Gasteiger partial charge is 0.354 e. The lowest BCUT2D eigenvalue weighted by Gasteiger charge is -2.17. The number of nitrogens with one attached hydrogen (secondary N) is 3. The molecule has 1 fully saturated rings. The van der Waals surface area contributed by atoms with Gasteiger partial charge in [-0.3, -0.25) is 9.59 Å². The quantitative estimate of drug-likeness (QED) is 0.717. The lowest BCUT2D eigenvalue weighted by atomic mass is 10.0. The first-order chi connectivity index (χ1) is 13.2. The van der Waals surface area contributed by atoms with Crippen molar-refractivity contribution >= 4 is 45.6 Å². The fourth-order valence-electron chi connectivity index (χ4n) is 3.00. The second-order valence-electron chi connectivity index (χ2n) is 6.53. The molecular formula is C19H15N5O2S. The molecule has 7 nitrogen and oxygen atoms in total. The Morgan fingerprint density at radius 1 is 1.22 bits per heavy atom. The summed E-state index contributed by atoms with van der Waals surface area (Å²) in [6.07, 6.45) is 7.31. The highest BCUT2D eigenvalue weighted by Gasteiger charge is 2.32. The number of anilines is 2. The molecule has 0 spiro atoms. The molecule has 5 rings (SSSR count). The maximum Gasteiger partial charge on any atom is 0.275 e. The van der Waals surface area contributed by atoms with Crippen LogP contribution in [0.2, 0.25) is 0 Å². The fourth-order valence-corrected chi connectivity index (χ4v) is 3.82. The number of amides is 2. The second kappa shape index (κ2) is 6.17. The molecule has 0 radical (unpaired) electrons. The summed E-state index contributed by atoms with van der Waals surface area (Å²) >= 11 is 1.31. The molecule has 2 aromatic rings. The molecule has 134 valence electrons. The Balaban J connectivity index is 1.45. The highest BCUT2D eigenvalue weighted by molar-refractivity contribution is 7.18. The number of aromatic nitrogens is 1. The Kier molecular flexibility index (Phi) is 3.64. The number of nitrogens with zero attached hydrogens (tertiary/aromatic N) is 2. The van der Waals surface area contributed by atoms with E-state index in [1.54, 1.807) is 6.20 Å². The molecule has 1 aliphatic carbocycles. The molecular weight excluding hydrogens is 362 g/mol. The van der Waals surface area contributed by atoms with Gasteiger partial charge in [-0.2, -0.15) is 5.10 Å². The topological polar surface area (TPSA) is 95.5 Å². The highest BCUT2D eigenvalue weighted by atomic mass is 32.1. The van der Waals surface area contributed by atoms with Gasteiger partial charge < -0.3 is 10.6 Å². The number of hydrazone groups is 1. The molecule has 0 atom stereocenters.